The summed E-state index contributed by atoms with van der Waals surface area (Å²) in [6, 6.07) is 4.62. The van der Waals surface area contributed by atoms with Crippen molar-refractivity contribution in [1.29, 1.82) is 0 Å². The van der Waals surface area contributed by atoms with Crippen LogP contribution in [0.4, 0.5) is 0 Å². The highest BCUT2D eigenvalue weighted by Gasteiger charge is 2.25. The van der Waals surface area contributed by atoms with Crippen LogP contribution in [-0.4, -0.2) is 17.1 Å². The third-order valence-corrected chi connectivity index (χ3v) is 4.15. The summed E-state index contributed by atoms with van der Waals surface area (Å²) in [7, 11) is 0. The summed E-state index contributed by atoms with van der Waals surface area (Å²) in [5, 5.41) is 3.40. The first-order chi connectivity index (χ1) is 9.69. The van der Waals surface area contributed by atoms with Crippen LogP contribution in [0.2, 0.25) is 0 Å². The molecule has 1 fully saturated rings. The summed E-state index contributed by atoms with van der Waals surface area (Å²) in [6.45, 7) is 7.43. The Hall–Kier alpha value is -1.09. The van der Waals surface area contributed by atoms with E-state index in [4.69, 9.17) is 4.74 Å². The molecular weight excluding hydrogens is 248 g/mol. The smallest absolute Gasteiger partial charge is 0.213 e. The zero-order valence-electron chi connectivity index (χ0n) is 13.1. The standard InChI is InChI=1S/C17H28N2O/c1-4-15-7-5-6-8-16(15)20-17-10-9-14(12-19-17)11-18-13(2)3/h9-10,12-13,15-16,18H,4-8,11H2,1-3H3. The van der Waals surface area contributed by atoms with E-state index in [2.05, 4.69) is 37.1 Å². The van der Waals surface area contributed by atoms with E-state index in [0.717, 1.165) is 12.4 Å². The van der Waals surface area contributed by atoms with Gasteiger partial charge in [-0.25, -0.2) is 4.98 Å². The molecule has 0 radical (unpaired) electrons. The fraction of sp³-hybridized carbons (Fsp3) is 0.706. The van der Waals surface area contributed by atoms with Gasteiger partial charge in [0.05, 0.1) is 0 Å². The number of nitrogens with one attached hydrogen (secondary N) is 1. The van der Waals surface area contributed by atoms with Crippen molar-refractivity contribution in [3.05, 3.63) is 23.9 Å². The average Bonchev–Trinajstić information content (AvgIpc) is 2.47. The minimum atomic E-state index is 0.362. The van der Waals surface area contributed by atoms with Gasteiger partial charge in [0, 0.05) is 24.8 Å². The van der Waals surface area contributed by atoms with Crippen molar-refractivity contribution in [1.82, 2.24) is 10.3 Å². The molecule has 2 unspecified atom stereocenters. The molecule has 0 spiro atoms. The van der Waals surface area contributed by atoms with Crippen LogP contribution < -0.4 is 10.1 Å². The number of pyridine rings is 1. The molecule has 1 aromatic heterocycles. The van der Waals surface area contributed by atoms with Gasteiger partial charge in [-0.3, -0.25) is 0 Å². The molecular formula is C17H28N2O. The van der Waals surface area contributed by atoms with Crippen molar-refractivity contribution in [2.24, 2.45) is 5.92 Å². The fourth-order valence-corrected chi connectivity index (χ4v) is 2.86. The van der Waals surface area contributed by atoms with Crippen molar-refractivity contribution in [2.75, 3.05) is 0 Å². The molecule has 1 heterocycles. The van der Waals surface area contributed by atoms with Gasteiger partial charge in [0.25, 0.3) is 0 Å². The quantitative estimate of drug-likeness (QED) is 0.855. The zero-order valence-corrected chi connectivity index (χ0v) is 13.1. The molecule has 2 atom stereocenters. The van der Waals surface area contributed by atoms with Crippen LogP contribution in [0, 0.1) is 5.92 Å². The number of nitrogens with zero attached hydrogens (tertiary/aromatic N) is 1. The van der Waals surface area contributed by atoms with Crippen LogP contribution in [0.3, 0.4) is 0 Å². The summed E-state index contributed by atoms with van der Waals surface area (Å²) < 4.78 is 6.11. The molecule has 1 aromatic rings. The van der Waals surface area contributed by atoms with E-state index in [9.17, 15) is 0 Å². The molecule has 112 valence electrons. The van der Waals surface area contributed by atoms with Crippen LogP contribution in [-0.2, 0) is 6.54 Å². The second kappa shape index (κ2) is 7.63. The molecule has 1 saturated carbocycles. The van der Waals surface area contributed by atoms with Gasteiger partial charge in [-0.2, -0.15) is 0 Å². The predicted molar refractivity (Wildman–Crippen MR) is 82.9 cm³/mol. The molecule has 1 aliphatic carbocycles. The van der Waals surface area contributed by atoms with Gasteiger partial charge in [0.2, 0.25) is 5.88 Å². The Kier molecular flexibility index (Phi) is 5.84. The summed E-state index contributed by atoms with van der Waals surface area (Å²) >= 11 is 0. The SMILES string of the molecule is CCC1CCCCC1Oc1ccc(CNC(C)C)cn1. The Morgan fingerprint density at radius 3 is 2.75 bits per heavy atom. The lowest BCUT2D eigenvalue weighted by Crippen LogP contribution is -2.30. The molecule has 1 aliphatic rings. The van der Waals surface area contributed by atoms with Crippen LogP contribution >= 0.6 is 0 Å². The number of ether oxygens (including phenoxy) is 1. The monoisotopic (exact) mass is 276 g/mol. The maximum Gasteiger partial charge on any atom is 0.213 e. The minimum Gasteiger partial charge on any atom is -0.474 e. The Morgan fingerprint density at radius 2 is 2.10 bits per heavy atom. The van der Waals surface area contributed by atoms with E-state index in [1.807, 2.05) is 12.3 Å². The van der Waals surface area contributed by atoms with E-state index < -0.39 is 0 Å². The third kappa shape index (κ3) is 4.48. The normalized spacial score (nSPS) is 23.0. The predicted octanol–water partition coefficient (Wildman–Crippen LogP) is 3.93. The van der Waals surface area contributed by atoms with Gasteiger partial charge < -0.3 is 10.1 Å². The molecule has 3 nitrogen and oxygen atoms in total. The molecule has 0 aromatic carbocycles. The fourth-order valence-electron chi connectivity index (χ4n) is 2.86. The number of rotatable bonds is 6. The Bertz CT molecular complexity index is 388. The lowest BCUT2D eigenvalue weighted by molar-refractivity contribution is 0.0858. The molecule has 20 heavy (non-hydrogen) atoms. The Balaban J connectivity index is 1.89. The highest BCUT2D eigenvalue weighted by Crippen LogP contribution is 2.29. The van der Waals surface area contributed by atoms with Gasteiger partial charge in [0.15, 0.2) is 0 Å². The van der Waals surface area contributed by atoms with Crippen LogP contribution in [0.1, 0.15) is 58.4 Å². The Morgan fingerprint density at radius 1 is 1.30 bits per heavy atom. The van der Waals surface area contributed by atoms with E-state index in [1.54, 1.807) is 0 Å². The first-order valence-electron chi connectivity index (χ1n) is 8.04. The molecule has 0 aliphatic heterocycles. The lowest BCUT2D eigenvalue weighted by Gasteiger charge is -2.30. The molecule has 0 bridgehead atoms. The van der Waals surface area contributed by atoms with Crippen molar-refractivity contribution < 1.29 is 4.74 Å². The summed E-state index contributed by atoms with van der Waals surface area (Å²) in [5.74, 6) is 1.48. The summed E-state index contributed by atoms with van der Waals surface area (Å²) in [4.78, 5) is 4.46. The van der Waals surface area contributed by atoms with E-state index >= 15 is 0 Å². The van der Waals surface area contributed by atoms with Gasteiger partial charge >= 0.3 is 0 Å². The minimum absolute atomic E-state index is 0.362. The van der Waals surface area contributed by atoms with E-state index in [1.165, 1.54) is 37.7 Å². The molecule has 0 saturated heterocycles. The second-order valence-corrected chi connectivity index (χ2v) is 6.15. The van der Waals surface area contributed by atoms with Crippen molar-refractivity contribution in [3.8, 4) is 5.88 Å². The lowest BCUT2D eigenvalue weighted by atomic mass is 9.85. The van der Waals surface area contributed by atoms with Gasteiger partial charge in [-0.15, -0.1) is 0 Å². The van der Waals surface area contributed by atoms with Crippen LogP contribution in [0.5, 0.6) is 5.88 Å². The molecule has 2 rings (SSSR count). The largest absolute Gasteiger partial charge is 0.474 e. The van der Waals surface area contributed by atoms with Crippen LogP contribution in [0.25, 0.3) is 0 Å². The summed E-state index contributed by atoms with van der Waals surface area (Å²) in [6.07, 6.45) is 8.62. The average molecular weight is 276 g/mol. The number of hydrogen-bond donors (Lipinski definition) is 1. The van der Waals surface area contributed by atoms with E-state index in [-0.39, 0.29) is 0 Å². The van der Waals surface area contributed by atoms with Gasteiger partial charge in [0.1, 0.15) is 6.10 Å². The molecule has 0 amide bonds. The third-order valence-electron chi connectivity index (χ3n) is 4.15. The highest BCUT2D eigenvalue weighted by atomic mass is 16.5. The Labute approximate surface area is 123 Å². The van der Waals surface area contributed by atoms with E-state index in [0.29, 0.717) is 18.1 Å². The highest BCUT2D eigenvalue weighted by molar-refractivity contribution is 5.18. The first kappa shape index (κ1) is 15.3. The van der Waals surface area contributed by atoms with Crippen molar-refractivity contribution in [2.45, 2.75) is 71.6 Å². The van der Waals surface area contributed by atoms with Gasteiger partial charge in [-0.1, -0.05) is 33.3 Å². The van der Waals surface area contributed by atoms with Gasteiger partial charge in [-0.05, 0) is 37.2 Å². The zero-order chi connectivity index (χ0) is 14.4. The van der Waals surface area contributed by atoms with Crippen molar-refractivity contribution >= 4 is 0 Å². The number of hydrogen-bond acceptors (Lipinski definition) is 3. The maximum absolute atomic E-state index is 6.11. The van der Waals surface area contributed by atoms with Crippen LogP contribution in [0.15, 0.2) is 18.3 Å². The first-order valence-corrected chi connectivity index (χ1v) is 8.04. The number of aromatic nitrogens is 1. The van der Waals surface area contributed by atoms with Crippen molar-refractivity contribution in [3.63, 3.8) is 0 Å². The second-order valence-electron chi connectivity index (χ2n) is 6.15. The molecule has 3 heteroatoms. The molecule has 1 N–H and O–H groups in total. The topological polar surface area (TPSA) is 34.1 Å². The maximum atomic E-state index is 6.11. The summed E-state index contributed by atoms with van der Waals surface area (Å²) in [5.41, 5.74) is 1.21.